The zero-order valence-electron chi connectivity index (χ0n) is 10.5. The molecule has 0 amide bonds. The van der Waals surface area contributed by atoms with E-state index in [4.69, 9.17) is 9.47 Å². The quantitative estimate of drug-likeness (QED) is 0.581. The average molecular weight is 219 g/mol. The molecule has 0 heterocycles. The van der Waals surface area contributed by atoms with Crippen LogP contribution < -0.4 is 0 Å². The molecule has 1 N–H and O–H groups in total. The highest BCUT2D eigenvalue weighted by molar-refractivity contribution is 4.72. The van der Waals surface area contributed by atoms with Crippen LogP contribution in [0.25, 0.3) is 0 Å². The Morgan fingerprint density at radius 3 is 2.13 bits per heavy atom. The predicted octanol–water partition coefficient (Wildman–Crippen LogP) is 0.742. The second-order valence-electron chi connectivity index (χ2n) is 4.43. The van der Waals surface area contributed by atoms with Gasteiger partial charge in [0.05, 0.1) is 12.2 Å². The van der Waals surface area contributed by atoms with Crippen LogP contribution in [-0.4, -0.2) is 62.7 Å². The van der Waals surface area contributed by atoms with Crippen molar-refractivity contribution in [3.05, 3.63) is 0 Å². The molecule has 92 valence electrons. The Hall–Kier alpha value is -0.160. The lowest BCUT2D eigenvalue weighted by molar-refractivity contribution is 0.0248. The summed E-state index contributed by atoms with van der Waals surface area (Å²) in [5.74, 6) is 0. The van der Waals surface area contributed by atoms with E-state index in [1.165, 1.54) is 0 Å². The smallest absolute Gasteiger partial charge is 0.0718 e. The van der Waals surface area contributed by atoms with Crippen LogP contribution in [0.15, 0.2) is 0 Å². The van der Waals surface area contributed by atoms with Crippen LogP contribution in [0.3, 0.4) is 0 Å². The Kier molecular flexibility index (Phi) is 7.96. The van der Waals surface area contributed by atoms with Gasteiger partial charge in [0, 0.05) is 40.5 Å². The summed E-state index contributed by atoms with van der Waals surface area (Å²) < 4.78 is 10.0. The molecule has 0 fully saturated rings. The third-order valence-electron chi connectivity index (χ3n) is 2.04. The molecular weight excluding hydrogens is 194 g/mol. The fourth-order valence-electron chi connectivity index (χ4n) is 1.47. The van der Waals surface area contributed by atoms with Gasteiger partial charge in [-0.15, -0.1) is 0 Å². The van der Waals surface area contributed by atoms with E-state index < -0.39 is 5.60 Å². The Balaban J connectivity index is 3.84. The van der Waals surface area contributed by atoms with Crippen LogP contribution in [0.1, 0.15) is 20.3 Å². The summed E-state index contributed by atoms with van der Waals surface area (Å²) in [5.41, 5.74) is -0.652. The molecule has 0 unspecified atom stereocenters. The van der Waals surface area contributed by atoms with Crippen LogP contribution in [0.4, 0.5) is 0 Å². The Labute approximate surface area is 93.2 Å². The first kappa shape index (κ1) is 14.8. The number of hydrogen-bond acceptors (Lipinski definition) is 4. The van der Waals surface area contributed by atoms with Gasteiger partial charge in [-0.05, 0) is 20.3 Å². The van der Waals surface area contributed by atoms with E-state index in [0.717, 1.165) is 26.1 Å². The number of methoxy groups -OCH3 is 2. The van der Waals surface area contributed by atoms with E-state index >= 15 is 0 Å². The second-order valence-corrected chi connectivity index (χ2v) is 4.43. The number of rotatable bonds is 9. The largest absolute Gasteiger partial charge is 0.389 e. The highest BCUT2D eigenvalue weighted by Crippen LogP contribution is 2.05. The summed E-state index contributed by atoms with van der Waals surface area (Å²) >= 11 is 0. The second kappa shape index (κ2) is 8.05. The standard InChI is InChI=1S/C11H25NO3/c1-11(2,13)10-12(7-9-15-4)6-5-8-14-3/h13H,5-10H2,1-4H3. The monoisotopic (exact) mass is 219 g/mol. The maximum atomic E-state index is 9.73. The van der Waals surface area contributed by atoms with Gasteiger partial charge in [0.2, 0.25) is 0 Å². The summed E-state index contributed by atoms with van der Waals surface area (Å²) in [6.45, 7) is 7.55. The van der Waals surface area contributed by atoms with Crippen molar-refractivity contribution in [2.75, 3.05) is 47.1 Å². The van der Waals surface area contributed by atoms with Crippen LogP contribution in [0, 0.1) is 0 Å². The van der Waals surface area contributed by atoms with E-state index in [1.807, 2.05) is 13.8 Å². The van der Waals surface area contributed by atoms with Gasteiger partial charge < -0.3 is 14.6 Å². The first-order valence-electron chi connectivity index (χ1n) is 5.42. The molecule has 0 bridgehead atoms. The Morgan fingerprint density at radius 1 is 1.07 bits per heavy atom. The normalized spacial score (nSPS) is 12.4. The number of aliphatic hydroxyl groups is 1. The molecule has 0 spiro atoms. The van der Waals surface area contributed by atoms with E-state index in [0.29, 0.717) is 13.2 Å². The van der Waals surface area contributed by atoms with Crippen LogP contribution in [-0.2, 0) is 9.47 Å². The molecule has 0 aliphatic rings. The van der Waals surface area contributed by atoms with Gasteiger partial charge in [0.25, 0.3) is 0 Å². The topological polar surface area (TPSA) is 41.9 Å². The Bertz CT molecular complexity index is 145. The van der Waals surface area contributed by atoms with Gasteiger partial charge in [0.15, 0.2) is 0 Å². The van der Waals surface area contributed by atoms with Gasteiger partial charge in [0.1, 0.15) is 0 Å². The Morgan fingerprint density at radius 2 is 1.67 bits per heavy atom. The molecule has 0 aliphatic carbocycles. The minimum absolute atomic E-state index is 0.652. The van der Waals surface area contributed by atoms with Crippen molar-refractivity contribution >= 4 is 0 Å². The lowest BCUT2D eigenvalue weighted by Gasteiger charge is -2.28. The maximum Gasteiger partial charge on any atom is 0.0718 e. The van der Waals surface area contributed by atoms with Gasteiger partial charge in [-0.1, -0.05) is 0 Å². The van der Waals surface area contributed by atoms with E-state index in [9.17, 15) is 5.11 Å². The molecule has 0 saturated heterocycles. The van der Waals surface area contributed by atoms with Gasteiger partial charge in [-0.3, -0.25) is 4.90 Å². The van der Waals surface area contributed by atoms with Gasteiger partial charge in [-0.2, -0.15) is 0 Å². The molecule has 0 aromatic heterocycles. The zero-order valence-corrected chi connectivity index (χ0v) is 10.5. The lowest BCUT2D eigenvalue weighted by atomic mass is 10.1. The third kappa shape index (κ3) is 10.1. The van der Waals surface area contributed by atoms with E-state index in [2.05, 4.69) is 4.90 Å². The summed E-state index contributed by atoms with van der Waals surface area (Å²) in [6, 6.07) is 0. The molecule has 0 radical (unpaired) electrons. The minimum atomic E-state index is -0.652. The molecule has 4 heteroatoms. The number of nitrogens with zero attached hydrogens (tertiary/aromatic N) is 1. The molecule has 0 saturated carbocycles. The summed E-state index contributed by atoms with van der Waals surface area (Å²) in [6.07, 6.45) is 0.982. The van der Waals surface area contributed by atoms with Crippen molar-refractivity contribution in [3.8, 4) is 0 Å². The predicted molar refractivity (Wildman–Crippen MR) is 61.1 cm³/mol. The van der Waals surface area contributed by atoms with Crippen LogP contribution in [0.5, 0.6) is 0 Å². The molecule has 0 rings (SSSR count). The molecule has 0 aromatic rings. The zero-order chi connectivity index (χ0) is 11.7. The van der Waals surface area contributed by atoms with Crippen molar-refractivity contribution in [2.45, 2.75) is 25.9 Å². The van der Waals surface area contributed by atoms with Crippen molar-refractivity contribution in [1.29, 1.82) is 0 Å². The van der Waals surface area contributed by atoms with Crippen molar-refractivity contribution in [1.82, 2.24) is 4.90 Å². The summed E-state index contributed by atoms with van der Waals surface area (Å²) in [5, 5.41) is 9.73. The first-order chi connectivity index (χ1) is 6.99. The average Bonchev–Trinajstić information content (AvgIpc) is 2.12. The molecule has 15 heavy (non-hydrogen) atoms. The van der Waals surface area contributed by atoms with Crippen molar-refractivity contribution in [3.63, 3.8) is 0 Å². The minimum Gasteiger partial charge on any atom is -0.389 e. The van der Waals surface area contributed by atoms with E-state index in [-0.39, 0.29) is 0 Å². The lowest BCUT2D eigenvalue weighted by Crippen LogP contribution is -2.41. The summed E-state index contributed by atoms with van der Waals surface area (Å²) in [4.78, 5) is 2.20. The third-order valence-corrected chi connectivity index (χ3v) is 2.04. The molecule has 0 aliphatic heterocycles. The molecule has 0 aromatic carbocycles. The van der Waals surface area contributed by atoms with Gasteiger partial charge in [-0.25, -0.2) is 0 Å². The van der Waals surface area contributed by atoms with E-state index in [1.54, 1.807) is 14.2 Å². The number of hydrogen-bond donors (Lipinski definition) is 1. The highest BCUT2D eigenvalue weighted by Gasteiger charge is 2.17. The van der Waals surface area contributed by atoms with Crippen molar-refractivity contribution < 1.29 is 14.6 Å². The van der Waals surface area contributed by atoms with Crippen LogP contribution >= 0.6 is 0 Å². The number of ether oxygens (including phenoxy) is 2. The highest BCUT2D eigenvalue weighted by atomic mass is 16.5. The fourth-order valence-corrected chi connectivity index (χ4v) is 1.47. The molecule has 0 atom stereocenters. The summed E-state index contributed by atoms with van der Waals surface area (Å²) in [7, 11) is 3.40. The molecule has 4 nitrogen and oxygen atoms in total. The van der Waals surface area contributed by atoms with Crippen molar-refractivity contribution in [2.24, 2.45) is 0 Å². The maximum absolute atomic E-state index is 9.73. The fraction of sp³-hybridized carbons (Fsp3) is 1.00. The molecular formula is C11H25NO3. The SMILES string of the molecule is COCCCN(CCOC)CC(C)(C)O. The van der Waals surface area contributed by atoms with Crippen LogP contribution in [0.2, 0.25) is 0 Å². The first-order valence-corrected chi connectivity index (χ1v) is 5.42. The van der Waals surface area contributed by atoms with Gasteiger partial charge >= 0.3 is 0 Å².